The number of benzene rings is 3. The molecule has 220 valence electrons. The highest BCUT2D eigenvalue weighted by atomic mass is 35.5. The molecule has 0 heterocycles. The minimum Gasteiger partial charge on any atom is -0.497 e. The van der Waals surface area contributed by atoms with Gasteiger partial charge in [0, 0.05) is 18.1 Å². The van der Waals surface area contributed by atoms with Crippen molar-refractivity contribution in [1.82, 2.24) is 10.2 Å². The summed E-state index contributed by atoms with van der Waals surface area (Å²) in [5.41, 5.74) is 1.55. The molecule has 0 spiro atoms. The van der Waals surface area contributed by atoms with E-state index in [0.29, 0.717) is 29.3 Å². The number of amides is 2. The Morgan fingerprint density at radius 3 is 2.37 bits per heavy atom. The summed E-state index contributed by atoms with van der Waals surface area (Å²) >= 11 is 6.38. The van der Waals surface area contributed by atoms with E-state index in [0.717, 1.165) is 22.7 Å². The van der Waals surface area contributed by atoms with Crippen molar-refractivity contribution in [2.75, 3.05) is 24.5 Å². The van der Waals surface area contributed by atoms with Crippen LogP contribution in [0.2, 0.25) is 5.02 Å². The van der Waals surface area contributed by atoms with Crippen LogP contribution < -0.4 is 14.4 Å². The van der Waals surface area contributed by atoms with Crippen molar-refractivity contribution in [2.45, 2.75) is 57.5 Å². The highest BCUT2D eigenvalue weighted by Crippen LogP contribution is 2.31. The standard InChI is InChI=1S/C31H38ClN3O5S/c1-5-7-19-33-31(37)28(6-2)34(21-24-13-11-14-25(20-24)40-4)30(36)22-35(29-18-12-17-27(32)23(29)3)41(38,39)26-15-9-8-10-16-26/h8-18,20,28H,5-7,19,21-22H2,1-4H3,(H,33,37)/t28-/m0/s1. The number of carbonyl (C=O) groups is 2. The Hall–Kier alpha value is -3.56. The van der Waals surface area contributed by atoms with Crippen LogP contribution in [-0.4, -0.2) is 51.4 Å². The first-order valence-corrected chi connectivity index (χ1v) is 15.5. The second-order valence-electron chi connectivity index (χ2n) is 9.65. The topological polar surface area (TPSA) is 96.0 Å². The molecule has 0 unspecified atom stereocenters. The summed E-state index contributed by atoms with van der Waals surface area (Å²) < 4.78 is 34.4. The predicted molar refractivity (Wildman–Crippen MR) is 163 cm³/mol. The Balaban J connectivity index is 2.07. The van der Waals surface area contributed by atoms with Crippen molar-refractivity contribution in [3.63, 3.8) is 0 Å². The molecule has 3 rings (SSSR count). The third-order valence-electron chi connectivity index (χ3n) is 6.82. The number of nitrogens with one attached hydrogen (secondary N) is 1. The Bertz CT molecular complexity index is 1430. The first-order valence-electron chi connectivity index (χ1n) is 13.7. The minimum absolute atomic E-state index is 0.0378. The van der Waals surface area contributed by atoms with Gasteiger partial charge in [-0.25, -0.2) is 8.42 Å². The fourth-order valence-electron chi connectivity index (χ4n) is 4.49. The fraction of sp³-hybridized carbons (Fsp3) is 0.355. The van der Waals surface area contributed by atoms with Gasteiger partial charge in [-0.2, -0.15) is 0 Å². The second-order valence-corrected chi connectivity index (χ2v) is 11.9. The third-order valence-corrected chi connectivity index (χ3v) is 9.00. The van der Waals surface area contributed by atoms with Gasteiger partial charge in [-0.3, -0.25) is 13.9 Å². The van der Waals surface area contributed by atoms with Crippen LogP contribution in [0.25, 0.3) is 0 Å². The van der Waals surface area contributed by atoms with Gasteiger partial charge in [-0.15, -0.1) is 0 Å². The van der Waals surface area contributed by atoms with Crippen LogP contribution >= 0.6 is 11.6 Å². The monoisotopic (exact) mass is 599 g/mol. The van der Waals surface area contributed by atoms with Gasteiger partial charge in [-0.1, -0.05) is 68.3 Å². The zero-order valence-electron chi connectivity index (χ0n) is 24.0. The van der Waals surface area contributed by atoms with Crippen LogP contribution in [0, 0.1) is 6.92 Å². The molecular formula is C31H38ClN3O5S. The summed E-state index contributed by atoms with van der Waals surface area (Å²) in [7, 11) is -2.62. The molecule has 0 radical (unpaired) electrons. The quantitative estimate of drug-likeness (QED) is 0.244. The number of nitrogens with zero attached hydrogens (tertiary/aromatic N) is 2. The van der Waals surface area contributed by atoms with Crippen LogP contribution in [0.1, 0.15) is 44.2 Å². The van der Waals surface area contributed by atoms with E-state index in [4.69, 9.17) is 16.3 Å². The van der Waals surface area contributed by atoms with Gasteiger partial charge in [0.15, 0.2) is 0 Å². The summed E-state index contributed by atoms with van der Waals surface area (Å²) in [5.74, 6) is -0.198. The first-order chi connectivity index (χ1) is 19.6. The van der Waals surface area contributed by atoms with Crippen LogP contribution in [0.4, 0.5) is 5.69 Å². The van der Waals surface area contributed by atoms with E-state index in [-0.39, 0.29) is 23.0 Å². The molecule has 0 fully saturated rings. The molecule has 10 heteroatoms. The van der Waals surface area contributed by atoms with Gasteiger partial charge in [0.1, 0.15) is 18.3 Å². The average molecular weight is 600 g/mol. The Morgan fingerprint density at radius 2 is 1.71 bits per heavy atom. The Kier molecular flexibility index (Phi) is 11.6. The number of halogens is 1. The number of sulfonamides is 1. The van der Waals surface area contributed by atoms with E-state index in [1.54, 1.807) is 68.6 Å². The molecule has 0 saturated carbocycles. The number of rotatable bonds is 14. The van der Waals surface area contributed by atoms with Crippen molar-refractivity contribution in [3.8, 4) is 5.75 Å². The highest BCUT2D eigenvalue weighted by molar-refractivity contribution is 7.92. The zero-order valence-corrected chi connectivity index (χ0v) is 25.5. The van der Waals surface area contributed by atoms with Crippen LogP contribution in [0.5, 0.6) is 5.75 Å². The number of ether oxygens (including phenoxy) is 1. The summed E-state index contributed by atoms with van der Waals surface area (Å²) in [6.07, 6.45) is 2.06. The number of anilines is 1. The molecule has 3 aromatic rings. The SMILES string of the molecule is CCCCNC(=O)[C@H](CC)N(Cc1cccc(OC)c1)C(=O)CN(c1cccc(Cl)c1C)S(=O)(=O)c1ccccc1. The number of unbranched alkanes of at least 4 members (excludes halogenated alkanes) is 1. The number of carbonyl (C=O) groups excluding carboxylic acids is 2. The number of methoxy groups -OCH3 is 1. The smallest absolute Gasteiger partial charge is 0.264 e. The maximum absolute atomic E-state index is 14.2. The molecule has 0 aliphatic rings. The molecule has 2 amide bonds. The van der Waals surface area contributed by atoms with E-state index in [9.17, 15) is 18.0 Å². The average Bonchev–Trinajstić information content (AvgIpc) is 2.98. The number of hydrogen-bond donors (Lipinski definition) is 1. The summed E-state index contributed by atoms with van der Waals surface area (Å²) in [6, 6.07) is 19.3. The van der Waals surface area contributed by atoms with E-state index < -0.39 is 28.5 Å². The molecule has 8 nitrogen and oxygen atoms in total. The van der Waals surface area contributed by atoms with E-state index in [1.165, 1.54) is 17.0 Å². The van der Waals surface area contributed by atoms with E-state index in [2.05, 4.69) is 5.32 Å². The van der Waals surface area contributed by atoms with E-state index >= 15 is 0 Å². The molecule has 0 aromatic heterocycles. The van der Waals surface area contributed by atoms with E-state index in [1.807, 2.05) is 19.9 Å². The largest absolute Gasteiger partial charge is 0.497 e. The van der Waals surface area contributed by atoms with Gasteiger partial charge >= 0.3 is 0 Å². The molecule has 41 heavy (non-hydrogen) atoms. The molecular weight excluding hydrogens is 562 g/mol. The van der Waals surface area contributed by atoms with Crippen molar-refractivity contribution in [2.24, 2.45) is 0 Å². The lowest BCUT2D eigenvalue weighted by atomic mass is 10.1. The maximum atomic E-state index is 14.2. The molecule has 0 aliphatic carbocycles. The van der Waals surface area contributed by atoms with Crippen molar-refractivity contribution in [1.29, 1.82) is 0 Å². The molecule has 1 N–H and O–H groups in total. The predicted octanol–water partition coefficient (Wildman–Crippen LogP) is 5.58. The lowest BCUT2D eigenvalue weighted by Crippen LogP contribution is -2.52. The summed E-state index contributed by atoms with van der Waals surface area (Å²) in [4.78, 5) is 29.0. The third kappa shape index (κ3) is 8.01. The van der Waals surface area contributed by atoms with Crippen LogP contribution in [-0.2, 0) is 26.2 Å². The van der Waals surface area contributed by atoms with Crippen LogP contribution in [0.3, 0.4) is 0 Å². The van der Waals surface area contributed by atoms with Gasteiger partial charge < -0.3 is 15.0 Å². The zero-order chi connectivity index (χ0) is 30.0. The van der Waals surface area contributed by atoms with Crippen molar-refractivity contribution < 1.29 is 22.7 Å². The van der Waals surface area contributed by atoms with Gasteiger partial charge in [0.05, 0.1) is 17.7 Å². The minimum atomic E-state index is -4.17. The lowest BCUT2D eigenvalue weighted by Gasteiger charge is -2.33. The van der Waals surface area contributed by atoms with Gasteiger partial charge in [0.2, 0.25) is 11.8 Å². The highest BCUT2D eigenvalue weighted by Gasteiger charge is 2.34. The molecule has 0 aliphatic heterocycles. The second kappa shape index (κ2) is 14.9. The lowest BCUT2D eigenvalue weighted by molar-refractivity contribution is -0.140. The van der Waals surface area contributed by atoms with Crippen molar-refractivity contribution in [3.05, 3.63) is 88.9 Å². The maximum Gasteiger partial charge on any atom is 0.264 e. The summed E-state index contributed by atoms with van der Waals surface area (Å²) in [5, 5.41) is 3.30. The molecule has 3 aromatic carbocycles. The fourth-order valence-corrected chi connectivity index (χ4v) is 6.15. The van der Waals surface area contributed by atoms with Gasteiger partial charge in [0.25, 0.3) is 10.0 Å². The van der Waals surface area contributed by atoms with Crippen LogP contribution in [0.15, 0.2) is 77.7 Å². The Morgan fingerprint density at radius 1 is 1.00 bits per heavy atom. The molecule has 0 bridgehead atoms. The normalized spacial score (nSPS) is 11.9. The molecule has 0 saturated heterocycles. The van der Waals surface area contributed by atoms with Gasteiger partial charge in [-0.05, 0) is 67.3 Å². The first kappa shape index (κ1) is 32.0. The number of hydrogen-bond acceptors (Lipinski definition) is 5. The van der Waals surface area contributed by atoms with Crippen molar-refractivity contribution >= 4 is 39.1 Å². The molecule has 1 atom stereocenters. The summed E-state index contributed by atoms with van der Waals surface area (Å²) in [6.45, 7) is 5.62. The Labute approximate surface area is 248 Å².